The average molecular weight is 324 g/mol. The van der Waals surface area contributed by atoms with Crippen LogP contribution in [-0.4, -0.2) is 11.0 Å². The van der Waals surface area contributed by atoms with Gasteiger partial charge in [-0.3, -0.25) is 4.79 Å². The highest BCUT2D eigenvalue weighted by molar-refractivity contribution is 9.10. The number of phenols is 1. The van der Waals surface area contributed by atoms with Crippen molar-refractivity contribution in [1.29, 1.82) is 0 Å². The smallest absolute Gasteiger partial charge is 0.251 e. The molecule has 0 aliphatic rings. The molecular formula is C14H11BrFNO2. The molecule has 1 amide bonds. The van der Waals surface area contributed by atoms with Crippen molar-refractivity contribution in [1.82, 2.24) is 5.32 Å². The number of nitrogens with one attached hydrogen (secondary N) is 1. The molecule has 19 heavy (non-hydrogen) atoms. The van der Waals surface area contributed by atoms with E-state index in [0.29, 0.717) is 10.0 Å². The van der Waals surface area contributed by atoms with Crippen LogP contribution >= 0.6 is 15.9 Å². The van der Waals surface area contributed by atoms with Gasteiger partial charge in [-0.05, 0) is 40.2 Å². The van der Waals surface area contributed by atoms with Crippen molar-refractivity contribution in [3.63, 3.8) is 0 Å². The molecule has 0 radical (unpaired) electrons. The lowest BCUT2D eigenvalue weighted by atomic mass is 10.1. The molecule has 0 spiro atoms. The molecule has 3 nitrogen and oxygen atoms in total. The van der Waals surface area contributed by atoms with Gasteiger partial charge in [0.2, 0.25) is 0 Å². The normalized spacial score (nSPS) is 10.2. The number of aromatic hydroxyl groups is 1. The van der Waals surface area contributed by atoms with E-state index in [-0.39, 0.29) is 17.9 Å². The van der Waals surface area contributed by atoms with Crippen LogP contribution in [-0.2, 0) is 6.54 Å². The second kappa shape index (κ2) is 5.84. The van der Waals surface area contributed by atoms with Gasteiger partial charge in [0.25, 0.3) is 5.91 Å². The van der Waals surface area contributed by atoms with Crippen molar-refractivity contribution >= 4 is 21.8 Å². The van der Waals surface area contributed by atoms with Crippen LogP contribution in [0.3, 0.4) is 0 Å². The number of carbonyl (C=O) groups excluding carboxylic acids is 1. The van der Waals surface area contributed by atoms with E-state index < -0.39 is 11.7 Å². The van der Waals surface area contributed by atoms with Crippen LogP contribution in [0.25, 0.3) is 0 Å². The number of halogens is 2. The van der Waals surface area contributed by atoms with Crippen LogP contribution in [0.5, 0.6) is 5.75 Å². The highest BCUT2D eigenvalue weighted by atomic mass is 79.9. The first-order valence-electron chi connectivity index (χ1n) is 5.58. The lowest BCUT2D eigenvalue weighted by molar-refractivity contribution is 0.0950. The minimum absolute atomic E-state index is 0.116. The summed E-state index contributed by atoms with van der Waals surface area (Å²) in [4.78, 5) is 11.8. The fourth-order valence-corrected chi connectivity index (χ4v) is 1.82. The van der Waals surface area contributed by atoms with E-state index in [4.69, 9.17) is 0 Å². The third-order valence-electron chi connectivity index (χ3n) is 2.61. The van der Waals surface area contributed by atoms with Gasteiger partial charge >= 0.3 is 0 Å². The lowest BCUT2D eigenvalue weighted by Crippen LogP contribution is -2.22. The van der Waals surface area contributed by atoms with Crippen molar-refractivity contribution in [2.24, 2.45) is 0 Å². The summed E-state index contributed by atoms with van der Waals surface area (Å²) in [5.41, 5.74) is 0.838. The van der Waals surface area contributed by atoms with E-state index in [0.717, 1.165) is 6.07 Å². The van der Waals surface area contributed by atoms with Crippen LogP contribution in [0.15, 0.2) is 46.9 Å². The zero-order chi connectivity index (χ0) is 13.8. The van der Waals surface area contributed by atoms with E-state index in [1.54, 1.807) is 24.3 Å². The molecule has 0 fully saturated rings. The van der Waals surface area contributed by atoms with E-state index in [1.807, 2.05) is 0 Å². The fourth-order valence-electron chi connectivity index (χ4n) is 1.58. The van der Waals surface area contributed by atoms with E-state index in [1.165, 1.54) is 12.1 Å². The predicted octanol–water partition coefficient (Wildman–Crippen LogP) is 3.22. The van der Waals surface area contributed by atoms with E-state index >= 15 is 0 Å². The second-order valence-electron chi connectivity index (χ2n) is 3.94. The quantitative estimate of drug-likeness (QED) is 0.911. The number of hydrogen-bond donors (Lipinski definition) is 2. The Morgan fingerprint density at radius 3 is 2.68 bits per heavy atom. The fraction of sp³-hybridized carbons (Fsp3) is 0.0714. The second-order valence-corrected chi connectivity index (χ2v) is 4.79. The van der Waals surface area contributed by atoms with E-state index in [9.17, 15) is 14.3 Å². The molecule has 0 bridgehead atoms. The molecule has 0 unspecified atom stereocenters. The molecule has 2 aromatic carbocycles. The van der Waals surface area contributed by atoms with Crippen LogP contribution in [0.1, 0.15) is 15.9 Å². The Bertz CT molecular complexity index is 616. The predicted molar refractivity (Wildman–Crippen MR) is 73.4 cm³/mol. The number of benzene rings is 2. The minimum atomic E-state index is -0.491. The number of carbonyl (C=O) groups is 1. The van der Waals surface area contributed by atoms with Crippen LogP contribution < -0.4 is 5.32 Å². The average Bonchev–Trinajstić information content (AvgIpc) is 2.40. The highest BCUT2D eigenvalue weighted by Crippen LogP contribution is 2.17. The molecule has 0 saturated heterocycles. The van der Waals surface area contributed by atoms with Crippen molar-refractivity contribution in [2.45, 2.75) is 6.54 Å². The Kier molecular flexibility index (Phi) is 4.16. The Balaban J connectivity index is 2.05. The zero-order valence-electron chi connectivity index (χ0n) is 9.86. The standard InChI is InChI=1S/C14H11BrFNO2/c15-11-6-5-9(7-12(11)16)14(19)17-8-10-3-1-2-4-13(10)18/h1-7,18H,8H2,(H,17,19). The molecule has 0 heterocycles. The largest absolute Gasteiger partial charge is 0.508 e. The topological polar surface area (TPSA) is 49.3 Å². The number of hydrogen-bond acceptors (Lipinski definition) is 2. The highest BCUT2D eigenvalue weighted by Gasteiger charge is 2.09. The molecule has 2 rings (SSSR count). The van der Waals surface area contributed by atoms with Gasteiger partial charge in [-0.2, -0.15) is 0 Å². The van der Waals surface area contributed by atoms with Crippen LogP contribution in [0.4, 0.5) is 4.39 Å². The Morgan fingerprint density at radius 1 is 1.26 bits per heavy atom. The van der Waals surface area contributed by atoms with Gasteiger partial charge in [-0.1, -0.05) is 18.2 Å². The molecule has 2 aromatic rings. The van der Waals surface area contributed by atoms with Gasteiger partial charge in [0.05, 0.1) is 4.47 Å². The summed E-state index contributed by atoms with van der Waals surface area (Å²) < 4.78 is 13.6. The Hall–Kier alpha value is -1.88. The molecule has 0 aromatic heterocycles. The summed E-state index contributed by atoms with van der Waals surface area (Å²) in [6, 6.07) is 10.9. The molecule has 5 heteroatoms. The summed E-state index contributed by atoms with van der Waals surface area (Å²) >= 11 is 3.02. The van der Waals surface area contributed by atoms with Gasteiger partial charge in [0, 0.05) is 17.7 Å². The molecule has 0 aliphatic carbocycles. The summed E-state index contributed by atoms with van der Waals surface area (Å²) in [5, 5.41) is 12.2. The maximum atomic E-state index is 13.3. The van der Waals surface area contributed by atoms with Crippen molar-refractivity contribution in [3.05, 3.63) is 63.9 Å². The summed E-state index contributed by atoms with van der Waals surface area (Å²) in [6.07, 6.45) is 0. The SMILES string of the molecule is O=C(NCc1ccccc1O)c1ccc(Br)c(F)c1. The van der Waals surface area contributed by atoms with Crippen molar-refractivity contribution in [3.8, 4) is 5.75 Å². The summed E-state index contributed by atoms with van der Waals surface area (Å²) in [7, 11) is 0. The molecule has 98 valence electrons. The Labute approximate surface area is 118 Å². The van der Waals surface area contributed by atoms with Gasteiger partial charge in [0.15, 0.2) is 0 Å². The van der Waals surface area contributed by atoms with Gasteiger partial charge in [-0.25, -0.2) is 4.39 Å². The van der Waals surface area contributed by atoms with Crippen molar-refractivity contribution < 1.29 is 14.3 Å². The van der Waals surface area contributed by atoms with Crippen LogP contribution in [0.2, 0.25) is 0 Å². The number of amides is 1. The van der Waals surface area contributed by atoms with E-state index in [2.05, 4.69) is 21.2 Å². The molecular weight excluding hydrogens is 313 g/mol. The summed E-state index contributed by atoms with van der Waals surface area (Å²) in [6.45, 7) is 0.184. The van der Waals surface area contributed by atoms with Gasteiger partial charge in [0.1, 0.15) is 11.6 Å². The molecule has 0 atom stereocenters. The summed E-state index contributed by atoms with van der Waals surface area (Å²) in [5.74, 6) is -0.769. The lowest BCUT2D eigenvalue weighted by Gasteiger charge is -2.07. The van der Waals surface area contributed by atoms with Crippen LogP contribution in [0, 0.1) is 5.82 Å². The molecule has 0 saturated carbocycles. The number of phenolic OH excluding ortho intramolecular Hbond substituents is 1. The first-order valence-corrected chi connectivity index (χ1v) is 6.37. The van der Waals surface area contributed by atoms with Crippen molar-refractivity contribution in [2.75, 3.05) is 0 Å². The number of para-hydroxylation sites is 1. The maximum absolute atomic E-state index is 13.3. The third-order valence-corrected chi connectivity index (χ3v) is 3.26. The molecule has 0 aliphatic heterocycles. The third kappa shape index (κ3) is 3.32. The number of rotatable bonds is 3. The molecule has 2 N–H and O–H groups in total. The first kappa shape index (κ1) is 13.5. The Morgan fingerprint density at radius 2 is 2.00 bits per heavy atom. The zero-order valence-corrected chi connectivity index (χ0v) is 11.4. The minimum Gasteiger partial charge on any atom is -0.508 e. The monoisotopic (exact) mass is 323 g/mol. The maximum Gasteiger partial charge on any atom is 0.251 e. The van der Waals surface area contributed by atoms with Gasteiger partial charge in [-0.15, -0.1) is 0 Å². The van der Waals surface area contributed by atoms with Gasteiger partial charge < -0.3 is 10.4 Å². The first-order chi connectivity index (χ1) is 9.08.